The quantitative estimate of drug-likeness (QED) is 0.300. The monoisotopic (exact) mass is 505 g/mol. The van der Waals surface area contributed by atoms with Gasteiger partial charge in [-0.25, -0.2) is 4.68 Å². The Morgan fingerprint density at radius 2 is 2.03 bits per heavy atom. The first kappa shape index (κ1) is 25.2. The fourth-order valence-electron chi connectivity index (χ4n) is 4.79. The SMILES string of the molecule is C#CCNC(=O)c1ccccc1Nc1ccc2c(C=Cc3cc(C)cc(C)n3)nn(C3CCCCO3)c2c1. The van der Waals surface area contributed by atoms with Gasteiger partial charge in [0.2, 0.25) is 0 Å². The summed E-state index contributed by atoms with van der Waals surface area (Å²) in [6, 6.07) is 17.6. The molecule has 0 spiro atoms. The number of terminal acetylenes is 1. The Bertz CT molecular complexity index is 1520. The van der Waals surface area contributed by atoms with Crippen LogP contribution in [0.25, 0.3) is 23.1 Å². The van der Waals surface area contributed by atoms with Crippen molar-refractivity contribution >= 4 is 40.3 Å². The number of amides is 1. The number of pyridine rings is 1. The molecule has 1 aliphatic rings. The van der Waals surface area contributed by atoms with Crippen molar-refractivity contribution in [3.05, 3.63) is 82.8 Å². The number of fused-ring (bicyclic) bond motifs is 1. The second kappa shape index (κ2) is 11.3. The van der Waals surface area contributed by atoms with Crippen molar-refractivity contribution in [2.45, 2.75) is 39.3 Å². The Morgan fingerprint density at radius 3 is 2.82 bits per heavy atom. The fourth-order valence-corrected chi connectivity index (χ4v) is 4.79. The van der Waals surface area contributed by atoms with Gasteiger partial charge in [0.1, 0.15) is 0 Å². The zero-order valence-corrected chi connectivity index (χ0v) is 21.7. The highest BCUT2D eigenvalue weighted by Crippen LogP contribution is 2.32. The second-order valence-corrected chi connectivity index (χ2v) is 9.48. The molecule has 1 saturated heterocycles. The molecule has 1 aliphatic heterocycles. The number of carbonyl (C=O) groups is 1. The van der Waals surface area contributed by atoms with Crippen molar-refractivity contribution in [2.24, 2.45) is 0 Å². The van der Waals surface area contributed by atoms with Crippen molar-refractivity contribution < 1.29 is 9.53 Å². The van der Waals surface area contributed by atoms with Gasteiger partial charge in [0, 0.05) is 23.4 Å². The van der Waals surface area contributed by atoms with Gasteiger partial charge in [0.15, 0.2) is 6.23 Å². The number of para-hydroxylation sites is 1. The van der Waals surface area contributed by atoms with E-state index in [1.807, 2.05) is 48.0 Å². The predicted octanol–water partition coefficient (Wildman–Crippen LogP) is 6.02. The second-order valence-electron chi connectivity index (χ2n) is 9.48. The minimum absolute atomic E-state index is 0.121. The van der Waals surface area contributed by atoms with Crippen LogP contribution in [0.15, 0.2) is 54.6 Å². The highest BCUT2D eigenvalue weighted by Gasteiger charge is 2.21. The number of nitrogens with zero attached hydrogens (tertiary/aromatic N) is 3. The molecule has 2 N–H and O–H groups in total. The van der Waals surface area contributed by atoms with Crippen molar-refractivity contribution in [1.82, 2.24) is 20.1 Å². The van der Waals surface area contributed by atoms with Crippen LogP contribution < -0.4 is 10.6 Å². The molecule has 0 aliphatic carbocycles. The summed E-state index contributed by atoms with van der Waals surface area (Å²) >= 11 is 0. The first-order valence-electron chi connectivity index (χ1n) is 12.9. The van der Waals surface area contributed by atoms with Crippen molar-refractivity contribution in [1.29, 1.82) is 0 Å². The molecule has 3 heterocycles. The van der Waals surface area contributed by atoms with E-state index >= 15 is 0 Å². The minimum atomic E-state index is -0.222. The van der Waals surface area contributed by atoms with Crippen LogP contribution in [0, 0.1) is 26.2 Å². The molecule has 1 atom stereocenters. The Balaban J connectivity index is 1.51. The molecule has 38 heavy (non-hydrogen) atoms. The molecule has 7 heteroatoms. The molecule has 2 aromatic carbocycles. The van der Waals surface area contributed by atoms with Crippen LogP contribution >= 0.6 is 0 Å². The van der Waals surface area contributed by atoms with E-state index in [1.54, 1.807) is 6.07 Å². The van der Waals surface area contributed by atoms with Gasteiger partial charge in [-0.1, -0.05) is 18.1 Å². The van der Waals surface area contributed by atoms with E-state index in [4.69, 9.17) is 16.3 Å². The standard InChI is InChI=1S/C31H31N5O2/c1-4-16-32-31(37)26-9-5-6-10-27(26)34-24-12-14-25-28(15-13-23-19-21(2)18-22(3)33-23)35-36(29(25)20-24)30-11-7-8-17-38-30/h1,5-6,9-10,12-15,18-20,30,34H,7-8,11,16-17H2,2-3H3,(H,32,37). The summed E-state index contributed by atoms with van der Waals surface area (Å²) in [5.41, 5.74) is 6.95. The Labute approximate surface area is 222 Å². The molecule has 1 fully saturated rings. The third kappa shape index (κ3) is 5.61. The van der Waals surface area contributed by atoms with Crippen LogP contribution in [0.1, 0.15) is 58.5 Å². The molecule has 0 bridgehead atoms. The van der Waals surface area contributed by atoms with Gasteiger partial charge < -0.3 is 15.4 Å². The average molecular weight is 506 g/mol. The summed E-state index contributed by atoms with van der Waals surface area (Å²) in [5, 5.41) is 12.1. The molecule has 4 aromatic rings. The Morgan fingerprint density at radius 1 is 1.16 bits per heavy atom. The van der Waals surface area contributed by atoms with Crippen molar-refractivity contribution in [3.63, 3.8) is 0 Å². The number of ether oxygens (including phenoxy) is 1. The van der Waals surface area contributed by atoms with Gasteiger partial charge >= 0.3 is 0 Å². The maximum Gasteiger partial charge on any atom is 0.254 e. The molecule has 7 nitrogen and oxygen atoms in total. The van der Waals surface area contributed by atoms with Gasteiger partial charge in [-0.05, 0) is 93.3 Å². The lowest BCUT2D eigenvalue weighted by atomic mass is 10.1. The number of rotatable bonds is 7. The zero-order chi connectivity index (χ0) is 26.5. The van der Waals surface area contributed by atoms with Gasteiger partial charge in [-0.15, -0.1) is 6.42 Å². The molecule has 0 radical (unpaired) electrons. The number of benzene rings is 2. The molecule has 0 saturated carbocycles. The number of aryl methyl sites for hydroxylation is 2. The van der Waals surface area contributed by atoms with Crippen LogP contribution in [0.4, 0.5) is 11.4 Å². The fraction of sp³-hybridized carbons (Fsp3) is 0.258. The maximum absolute atomic E-state index is 12.6. The normalized spacial score (nSPS) is 15.4. The Hall–Kier alpha value is -4.41. The molecule has 1 amide bonds. The lowest BCUT2D eigenvalue weighted by Gasteiger charge is -2.23. The van der Waals surface area contributed by atoms with Crippen LogP contribution in [0.5, 0.6) is 0 Å². The van der Waals surface area contributed by atoms with E-state index in [9.17, 15) is 4.79 Å². The first-order chi connectivity index (χ1) is 18.5. The number of carbonyl (C=O) groups excluding carboxylic acids is 1. The molecule has 5 rings (SSSR count). The third-order valence-corrected chi connectivity index (χ3v) is 6.50. The number of hydrogen-bond acceptors (Lipinski definition) is 5. The van der Waals surface area contributed by atoms with Crippen LogP contribution in [0.3, 0.4) is 0 Å². The van der Waals surface area contributed by atoms with Crippen LogP contribution in [-0.2, 0) is 4.74 Å². The van der Waals surface area contributed by atoms with E-state index in [0.717, 1.165) is 59.5 Å². The van der Waals surface area contributed by atoms with Crippen LogP contribution in [-0.4, -0.2) is 33.8 Å². The number of aromatic nitrogens is 3. The zero-order valence-electron chi connectivity index (χ0n) is 21.7. The molecular weight excluding hydrogens is 474 g/mol. The third-order valence-electron chi connectivity index (χ3n) is 6.50. The summed E-state index contributed by atoms with van der Waals surface area (Å²) in [6.45, 7) is 4.97. The van der Waals surface area contributed by atoms with Gasteiger partial charge in [-0.3, -0.25) is 9.78 Å². The minimum Gasteiger partial charge on any atom is -0.356 e. The van der Waals surface area contributed by atoms with Crippen molar-refractivity contribution in [3.8, 4) is 12.3 Å². The lowest BCUT2D eigenvalue weighted by Crippen LogP contribution is -2.24. The molecule has 2 aromatic heterocycles. The molecule has 192 valence electrons. The summed E-state index contributed by atoms with van der Waals surface area (Å²) < 4.78 is 8.09. The summed E-state index contributed by atoms with van der Waals surface area (Å²) in [6.07, 6.45) is 12.3. The largest absolute Gasteiger partial charge is 0.356 e. The molecule has 1 unspecified atom stereocenters. The van der Waals surface area contributed by atoms with E-state index in [0.29, 0.717) is 11.3 Å². The van der Waals surface area contributed by atoms with Crippen molar-refractivity contribution in [2.75, 3.05) is 18.5 Å². The number of anilines is 2. The summed E-state index contributed by atoms with van der Waals surface area (Å²) in [5.74, 6) is 2.22. The smallest absolute Gasteiger partial charge is 0.254 e. The van der Waals surface area contributed by atoms with E-state index in [-0.39, 0.29) is 18.7 Å². The van der Waals surface area contributed by atoms with Crippen LogP contribution in [0.2, 0.25) is 0 Å². The summed E-state index contributed by atoms with van der Waals surface area (Å²) in [4.78, 5) is 17.3. The highest BCUT2D eigenvalue weighted by molar-refractivity contribution is 6.01. The molecular formula is C31H31N5O2. The van der Waals surface area contributed by atoms with Gasteiger partial charge in [0.25, 0.3) is 5.91 Å². The lowest BCUT2D eigenvalue weighted by molar-refractivity contribution is -0.0367. The Kier molecular flexibility index (Phi) is 7.52. The predicted molar refractivity (Wildman–Crippen MR) is 152 cm³/mol. The number of nitrogens with one attached hydrogen (secondary N) is 2. The van der Waals surface area contributed by atoms with Gasteiger partial charge in [0.05, 0.1) is 34.7 Å². The topological polar surface area (TPSA) is 81.1 Å². The van der Waals surface area contributed by atoms with E-state index in [2.05, 4.69) is 52.7 Å². The van der Waals surface area contributed by atoms with Gasteiger partial charge in [-0.2, -0.15) is 5.10 Å². The highest BCUT2D eigenvalue weighted by atomic mass is 16.5. The average Bonchev–Trinajstić information content (AvgIpc) is 3.28. The number of hydrogen-bond donors (Lipinski definition) is 2. The van der Waals surface area contributed by atoms with E-state index < -0.39 is 0 Å². The van der Waals surface area contributed by atoms with E-state index in [1.165, 1.54) is 5.56 Å². The first-order valence-corrected chi connectivity index (χ1v) is 12.9. The maximum atomic E-state index is 12.6. The summed E-state index contributed by atoms with van der Waals surface area (Å²) in [7, 11) is 0.